The number of hydrogen-bond donors (Lipinski definition) is 0. The Labute approximate surface area is 181 Å². The van der Waals surface area contributed by atoms with E-state index in [0.717, 1.165) is 5.57 Å². The molecule has 3 aliphatic rings. The van der Waals surface area contributed by atoms with E-state index in [2.05, 4.69) is 4.98 Å². The first-order valence-electron chi connectivity index (χ1n) is 10.3. The first-order valence-corrected chi connectivity index (χ1v) is 10.7. The molecule has 8 heteroatoms. The lowest BCUT2D eigenvalue weighted by Gasteiger charge is -2.34. The van der Waals surface area contributed by atoms with Gasteiger partial charge in [0.15, 0.2) is 5.69 Å². The second-order valence-corrected chi connectivity index (χ2v) is 8.41. The summed E-state index contributed by atoms with van der Waals surface area (Å²) in [6.45, 7) is 5.59. The average molecular weight is 432 g/mol. The zero-order chi connectivity index (χ0) is 21.4. The van der Waals surface area contributed by atoms with Crippen LogP contribution in [0.5, 0.6) is 0 Å². The van der Waals surface area contributed by atoms with Crippen molar-refractivity contribution in [3.05, 3.63) is 51.6 Å². The van der Waals surface area contributed by atoms with E-state index in [1.165, 1.54) is 19.0 Å². The Kier molecular flexibility index (Phi) is 5.73. The van der Waals surface area contributed by atoms with Crippen LogP contribution in [0.15, 0.2) is 34.8 Å². The van der Waals surface area contributed by atoms with Crippen LogP contribution in [0.1, 0.15) is 53.1 Å². The zero-order valence-corrected chi connectivity index (χ0v) is 18.2. The molecule has 0 aromatic carbocycles. The van der Waals surface area contributed by atoms with Crippen LogP contribution >= 0.6 is 11.6 Å². The Morgan fingerprint density at radius 2 is 2.13 bits per heavy atom. The van der Waals surface area contributed by atoms with Crippen molar-refractivity contribution in [1.82, 2.24) is 14.8 Å². The number of amides is 1. The van der Waals surface area contributed by atoms with Crippen LogP contribution in [-0.2, 0) is 16.0 Å². The number of halogens is 1. The summed E-state index contributed by atoms with van der Waals surface area (Å²) in [6, 6.07) is 1.46. The van der Waals surface area contributed by atoms with Crippen LogP contribution in [0.2, 0.25) is 0 Å². The molecule has 0 spiro atoms. The second-order valence-electron chi connectivity index (χ2n) is 8.00. The second kappa shape index (κ2) is 8.30. The van der Waals surface area contributed by atoms with E-state index < -0.39 is 5.97 Å². The van der Waals surface area contributed by atoms with Crippen molar-refractivity contribution in [3.63, 3.8) is 0 Å². The number of aromatic nitrogens is 1. The maximum absolute atomic E-state index is 13.1. The molecule has 1 aliphatic carbocycles. The Bertz CT molecular complexity index is 938. The van der Waals surface area contributed by atoms with Crippen molar-refractivity contribution in [1.29, 1.82) is 0 Å². The summed E-state index contributed by atoms with van der Waals surface area (Å²) in [4.78, 5) is 33.2. The van der Waals surface area contributed by atoms with Crippen molar-refractivity contribution in [2.75, 3.05) is 26.8 Å². The molecule has 0 N–H and O–H groups in total. The van der Waals surface area contributed by atoms with Gasteiger partial charge in [0.1, 0.15) is 5.03 Å². The van der Waals surface area contributed by atoms with Crippen LogP contribution in [0, 0.1) is 5.92 Å². The molecule has 1 fully saturated rings. The van der Waals surface area contributed by atoms with Crippen LogP contribution in [-0.4, -0.2) is 59.5 Å². The van der Waals surface area contributed by atoms with Gasteiger partial charge in [-0.2, -0.15) is 0 Å². The first-order chi connectivity index (χ1) is 14.4. The van der Waals surface area contributed by atoms with E-state index >= 15 is 0 Å². The monoisotopic (exact) mass is 431 g/mol. The van der Waals surface area contributed by atoms with E-state index in [1.807, 2.05) is 24.9 Å². The van der Waals surface area contributed by atoms with E-state index in [4.69, 9.17) is 21.1 Å². The normalized spacial score (nSPS) is 19.6. The van der Waals surface area contributed by atoms with E-state index in [9.17, 15) is 9.59 Å². The van der Waals surface area contributed by atoms with E-state index in [0.29, 0.717) is 47.7 Å². The highest BCUT2D eigenvalue weighted by molar-refractivity contribution is 6.31. The summed E-state index contributed by atoms with van der Waals surface area (Å²) in [7, 11) is 1.94. The fourth-order valence-electron chi connectivity index (χ4n) is 3.85. The third-order valence-corrected chi connectivity index (χ3v) is 6.05. The molecule has 3 heterocycles. The summed E-state index contributed by atoms with van der Waals surface area (Å²) in [5.41, 5.74) is 2.33. The van der Waals surface area contributed by atoms with Crippen LogP contribution in [0.4, 0.5) is 0 Å². The van der Waals surface area contributed by atoms with Crippen molar-refractivity contribution < 1.29 is 19.1 Å². The molecule has 1 amide bonds. The quantitative estimate of drug-likeness (QED) is 0.617. The fraction of sp³-hybridized carbons (Fsp3) is 0.500. The number of ether oxygens (including phenoxy) is 2. The largest absolute Gasteiger partial charge is 0.478 e. The molecular weight excluding hydrogens is 406 g/mol. The number of pyridine rings is 1. The molecule has 2 aliphatic heterocycles. The van der Waals surface area contributed by atoms with Gasteiger partial charge in [0.2, 0.25) is 5.88 Å². The predicted octanol–water partition coefficient (Wildman–Crippen LogP) is 3.31. The molecule has 1 aromatic rings. The molecule has 1 saturated carbocycles. The van der Waals surface area contributed by atoms with Gasteiger partial charge in [0.05, 0.1) is 19.3 Å². The van der Waals surface area contributed by atoms with Gasteiger partial charge >= 0.3 is 5.97 Å². The Balaban J connectivity index is 1.54. The molecule has 1 atom stereocenters. The van der Waals surface area contributed by atoms with Gasteiger partial charge in [-0.1, -0.05) is 11.6 Å². The minimum atomic E-state index is -0.503. The van der Waals surface area contributed by atoms with Crippen LogP contribution in [0.25, 0.3) is 0 Å². The summed E-state index contributed by atoms with van der Waals surface area (Å²) < 4.78 is 11.0. The third kappa shape index (κ3) is 3.90. The van der Waals surface area contributed by atoms with Crippen LogP contribution < -0.4 is 0 Å². The van der Waals surface area contributed by atoms with E-state index in [-0.39, 0.29) is 24.2 Å². The third-order valence-electron chi connectivity index (χ3n) is 5.78. The molecule has 0 radical (unpaired) electrons. The van der Waals surface area contributed by atoms with Gasteiger partial charge in [0, 0.05) is 37.5 Å². The summed E-state index contributed by atoms with van der Waals surface area (Å²) in [5, 5.41) is 0.546. The van der Waals surface area contributed by atoms with Gasteiger partial charge < -0.3 is 19.3 Å². The summed E-state index contributed by atoms with van der Waals surface area (Å²) in [6.07, 6.45) is 5.81. The number of fused-ring (bicyclic) bond motifs is 1. The number of rotatable bonds is 7. The molecular formula is C22H26ClN3O4. The maximum atomic E-state index is 13.1. The first kappa shape index (κ1) is 20.7. The van der Waals surface area contributed by atoms with Crippen molar-refractivity contribution in [2.45, 2.75) is 39.3 Å². The minimum Gasteiger partial charge on any atom is -0.478 e. The highest BCUT2D eigenvalue weighted by Gasteiger charge is 2.37. The molecule has 7 nitrogen and oxygen atoms in total. The minimum absolute atomic E-state index is 0.120. The van der Waals surface area contributed by atoms with Gasteiger partial charge in [-0.05, 0) is 50.3 Å². The summed E-state index contributed by atoms with van der Waals surface area (Å²) >= 11 is 6.52. The molecule has 1 unspecified atom stereocenters. The lowest BCUT2D eigenvalue weighted by Crippen LogP contribution is -2.39. The number of nitrogens with zero attached hydrogens (tertiary/aromatic N) is 3. The SMILES string of the molecule is CCOC(=O)c1nccc2c1CN(C(C)C1=CC(Cl)=C(OCC3CC3)N(C)C1)C2=O. The Morgan fingerprint density at radius 3 is 2.80 bits per heavy atom. The molecule has 0 bridgehead atoms. The summed E-state index contributed by atoms with van der Waals surface area (Å²) in [5.74, 6) is 0.702. The number of carbonyl (C=O) groups is 2. The van der Waals surface area contributed by atoms with Gasteiger partial charge in [0.25, 0.3) is 5.91 Å². The van der Waals surface area contributed by atoms with Crippen molar-refractivity contribution in [2.24, 2.45) is 5.92 Å². The zero-order valence-electron chi connectivity index (χ0n) is 17.5. The number of allylic oxidation sites excluding steroid dienone is 2. The highest BCUT2D eigenvalue weighted by atomic mass is 35.5. The Hall–Kier alpha value is -2.54. The van der Waals surface area contributed by atoms with Gasteiger partial charge in [-0.3, -0.25) is 4.79 Å². The average Bonchev–Trinajstić information content (AvgIpc) is 3.48. The lowest BCUT2D eigenvalue weighted by molar-refractivity contribution is 0.0516. The highest BCUT2D eigenvalue weighted by Crippen LogP contribution is 2.34. The van der Waals surface area contributed by atoms with Crippen LogP contribution in [0.3, 0.4) is 0 Å². The topological polar surface area (TPSA) is 72.0 Å². The molecule has 0 saturated heterocycles. The number of hydrogen-bond acceptors (Lipinski definition) is 6. The smallest absolute Gasteiger partial charge is 0.357 e. The van der Waals surface area contributed by atoms with Crippen molar-refractivity contribution in [3.8, 4) is 0 Å². The maximum Gasteiger partial charge on any atom is 0.357 e. The molecule has 4 rings (SSSR count). The molecule has 160 valence electrons. The van der Waals surface area contributed by atoms with Crippen molar-refractivity contribution >= 4 is 23.5 Å². The molecule has 1 aromatic heterocycles. The Morgan fingerprint density at radius 1 is 1.37 bits per heavy atom. The lowest BCUT2D eigenvalue weighted by atomic mass is 10.0. The van der Waals surface area contributed by atoms with Gasteiger partial charge in [-0.15, -0.1) is 0 Å². The number of esters is 1. The van der Waals surface area contributed by atoms with Gasteiger partial charge in [-0.25, -0.2) is 9.78 Å². The number of carbonyl (C=O) groups excluding carboxylic acids is 2. The molecule has 30 heavy (non-hydrogen) atoms. The standard InChI is InChI=1S/C22H26ClN3O4/c1-4-29-22(28)19-17-11-26(20(27)16(17)7-8-24-19)13(2)15-9-18(23)21(25(3)10-15)30-12-14-5-6-14/h7-9,13-14H,4-6,10-12H2,1-3H3. The fourth-order valence-corrected chi connectivity index (χ4v) is 4.19. The number of likely N-dealkylation sites (N-methyl/N-ethyl adjacent to an activating group) is 1. The van der Waals surface area contributed by atoms with E-state index in [1.54, 1.807) is 17.9 Å². The predicted molar refractivity (Wildman–Crippen MR) is 112 cm³/mol.